The van der Waals surface area contributed by atoms with Crippen LogP contribution in [0.4, 0.5) is 22.9 Å². The molecule has 0 spiro atoms. The van der Waals surface area contributed by atoms with Gasteiger partial charge in [-0.1, -0.05) is 12.1 Å². The number of methoxy groups -OCH3 is 1. The number of para-hydroxylation sites is 2. The third-order valence-electron chi connectivity index (χ3n) is 2.73. The van der Waals surface area contributed by atoms with Crippen molar-refractivity contribution in [3.8, 4) is 5.88 Å². The molecule has 0 fully saturated rings. The van der Waals surface area contributed by atoms with Gasteiger partial charge < -0.3 is 20.7 Å². The van der Waals surface area contributed by atoms with Crippen molar-refractivity contribution in [3.63, 3.8) is 0 Å². The summed E-state index contributed by atoms with van der Waals surface area (Å²) in [7, 11) is 5.55. The van der Waals surface area contributed by atoms with Crippen molar-refractivity contribution < 1.29 is 4.74 Å². The highest BCUT2D eigenvalue weighted by atomic mass is 16.5. The van der Waals surface area contributed by atoms with Crippen LogP contribution in [0.3, 0.4) is 0 Å². The number of rotatable bonds is 4. The Morgan fingerprint density at radius 2 is 1.89 bits per heavy atom. The Morgan fingerprint density at radius 1 is 1.16 bits per heavy atom. The first-order valence-corrected chi connectivity index (χ1v) is 5.95. The van der Waals surface area contributed by atoms with Gasteiger partial charge in [0.1, 0.15) is 5.82 Å². The predicted molar refractivity (Wildman–Crippen MR) is 79.3 cm³/mol. The topological polar surface area (TPSA) is 63.4 Å². The van der Waals surface area contributed by atoms with Gasteiger partial charge in [0.2, 0.25) is 5.88 Å². The second-order valence-corrected chi connectivity index (χ2v) is 4.33. The maximum Gasteiger partial charge on any atom is 0.238 e. The molecule has 0 aliphatic rings. The summed E-state index contributed by atoms with van der Waals surface area (Å²) in [5.41, 5.74) is 8.33. The van der Waals surface area contributed by atoms with Crippen molar-refractivity contribution in [2.45, 2.75) is 0 Å². The van der Waals surface area contributed by atoms with Gasteiger partial charge in [-0.3, -0.25) is 0 Å². The van der Waals surface area contributed by atoms with E-state index in [0.717, 1.165) is 11.4 Å². The van der Waals surface area contributed by atoms with Crippen molar-refractivity contribution in [1.29, 1.82) is 0 Å². The molecule has 0 aliphatic carbocycles. The molecule has 5 nitrogen and oxygen atoms in total. The van der Waals surface area contributed by atoms with Crippen molar-refractivity contribution >= 4 is 22.9 Å². The number of anilines is 4. The van der Waals surface area contributed by atoms with E-state index in [1.807, 2.05) is 49.3 Å². The van der Waals surface area contributed by atoms with Crippen molar-refractivity contribution in [1.82, 2.24) is 4.98 Å². The molecule has 2 aromatic rings. The number of pyridine rings is 1. The average molecular weight is 258 g/mol. The molecule has 0 radical (unpaired) electrons. The van der Waals surface area contributed by atoms with Crippen LogP contribution in [0, 0.1) is 0 Å². The first-order chi connectivity index (χ1) is 9.11. The molecule has 0 bridgehead atoms. The predicted octanol–water partition coefficient (Wildman–Crippen LogP) is 2.48. The van der Waals surface area contributed by atoms with Gasteiger partial charge in [-0.2, -0.15) is 4.98 Å². The molecule has 0 saturated carbocycles. The number of benzene rings is 1. The quantitative estimate of drug-likeness (QED) is 0.882. The van der Waals surface area contributed by atoms with Gasteiger partial charge in [-0.15, -0.1) is 0 Å². The highest BCUT2D eigenvalue weighted by Gasteiger charge is 2.07. The smallest absolute Gasteiger partial charge is 0.238 e. The fourth-order valence-electron chi connectivity index (χ4n) is 1.79. The fraction of sp³-hybridized carbons (Fsp3) is 0.214. The van der Waals surface area contributed by atoms with Crippen LogP contribution in [0.2, 0.25) is 0 Å². The molecular formula is C14H18N4O. The minimum absolute atomic E-state index is 0.423. The second-order valence-electron chi connectivity index (χ2n) is 4.33. The molecule has 0 saturated heterocycles. The van der Waals surface area contributed by atoms with Crippen molar-refractivity contribution in [2.24, 2.45) is 0 Å². The van der Waals surface area contributed by atoms with E-state index >= 15 is 0 Å². The van der Waals surface area contributed by atoms with Crippen LogP contribution >= 0.6 is 0 Å². The van der Waals surface area contributed by atoms with E-state index in [0.29, 0.717) is 17.4 Å². The SMILES string of the molecule is COc1nc(Nc2ccccc2N(C)C)ccc1N. The maximum atomic E-state index is 5.75. The van der Waals surface area contributed by atoms with Crippen molar-refractivity contribution in [3.05, 3.63) is 36.4 Å². The van der Waals surface area contributed by atoms with Gasteiger partial charge in [0.05, 0.1) is 24.2 Å². The van der Waals surface area contributed by atoms with E-state index in [1.165, 1.54) is 0 Å². The Hall–Kier alpha value is -2.43. The van der Waals surface area contributed by atoms with E-state index < -0.39 is 0 Å². The third-order valence-corrected chi connectivity index (χ3v) is 2.73. The lowest BCUT2D eigenvalue weighted by atomic mass is 10.2. The first kappa shape index (κ1) is 13.0. The zero-order valence-electron chi connectivity index (χ0n) is 11.3. The molecule has 0 amide bonds. The third kappa shape index (κ3) is 2.88. The summed E-state index contributed by atoms with van der Waals surface area (Å²) in [5, 5.41) is 3.27. The van der Waals surface area contributed by atoms with E-state index in [2.05, 4.69) is 10.3 Å². The monoisotopic (exact) mass is 258 g/mol. The molecule has 2 rings (SSSR count). The largest absolute Gasteiger partial charge is 0.479 e. The Morgan fingerprint density at radius 3 is 2.58 bits per heavy atom. The van der Waals surface area contributed by atoms with Gasteiger partial charge in [-0.05, 0) is 24.3 Å². The number of nitrogens with two attached hydrogens (primary N) is 1. The number of ether oxygens (including phenoxy) is 1. The van der Waals surface area contributed by atoms with Crippen molar-refractivity contribution in [2.75, 3.05) is 37.2 Å². The van der Waals surface area contributed by atoms with E-state index in [-0.39, 0.29) is 0 Å². The molecule has 100 valence electrons. The van der Waals surface area contributed by atoms with Crippen LogP contribution < -0.4 is 20.7 Å². The Balaban J connectivity index is 2.31. The summed E-state index contributed by atoms with van der Waals surface area (Å²) in [6.07, 6.45) is 0. The summed E-state index contributed by atoms with van der Waals surface area (Å²) in [6.45, 7) is 0. The standard InChI is InChI=1S/C14H18N4O/c1-18(2)12-7-5-4-6-11(12)16-13-9-8-10(15)14(17-13)19-3/h4-9H,15H2,1-3H3,(H,16,17). The van der Waals surface area contributed by atoms with Gasteiger partial charge in [-0.25, -0.2) is 0 Å². The van der Waals surface area contributed by atoms with Crippen LogP contribution in [0.5, 0.6) is 5.88 Å². The zero-order valence-corrected chi connectivity index (χ0v) is 11.3. The maximum absolute atomic E-state index is 5.75. The van der Waals surface area contributed by atoms with Gasteiger partial charge >= 0.3 is 0 Å². The van der Waals surface area contributed by atoms with Gasteiger partial charge in [0.25, 0.3) is 0 Å². The number of nitrogen functional groups attached to an aromatic ring is 1. The zero-order chi connectivity index (χ0) is 13.8. The van der Waals surface area contributed by atoms with E-state index in [1.54, 1.807) is 13.2 Å². The van der Waals surface area contributed by atoms with Gasteiger partial charge in [0.15, 0.2) is 0 Å². The highest BCUT2D eigenvalue weighted by Crippen LogP contribution is 2.28. The van der Waals surface area contributed by atoms with Crippen LogP contribution in [-0.4, -0.2) is 26.2 Å². The van der Waals surface area contributed by atoms with E-state index in [4.69, 9.17) is 10.5 Å². The summed E-state index contributed by atoms with van der Waals surface area (Å²) in [4.78, 5) is 6.35. The molecule has 3 N–H and O–H groups in total. The number of hydrogen-bond acceptors (Lipinski definition) is 5. The van der Waals surface area contributed by atoms with E-state index in [9.17, 15) is 0 Å². The summed E-state index contributed by atoms with van der Waals surface area (Å²) >= 11 is 0. The minimum Gasteiger partial charge on any atom is -0.479 e. The summed E-state index contributed by atoms with van der Waals surface area (Å²) in [5.74, 6) is 1.12. The Bertz CT molecular complexity index is 569. The summed E-state index contributed by atoms with van der Waals surface area (Å²) in [6, 6.07) is 11.6. The highest BCUT2D eigenvalue weighted by molar-refractivity contribution is 5.74. The molecule has 19 heavy (non-hydrogen) atoms. The number of nitrogens with one attached hydrogen (secondary N) is 1. The lowest BCUT2D eigenvalue weighted by molar-refractivity contribution is 0.401. The molecule has 5 heteroatoms. The molecular weight excluding hydrogens is 240 g/mol. The average Bonchev–Trinajstić information content (AvgIpc) is 2.41. The molecule has 1 aromatic carbocycles. The van der Waals surface area contributed by atoms with Gasteiger partial charge in [0, 0.05) is 14.1 Å². The second kappa shape index (κ2) is 5.48. The molecule has 0 unspecified atom stereocenters. The molecule has 0 aliphatic heterocycles. The Labute approximate surface area is 113 Å². The van der Waals surface area contributed by atoms with Crippen LogP contribution in [0.1, 0.15) is 0 Å². The lowest BCUT2D eigenvalue weighted by Crippen LogP contribution is -2.11. The lowest BCUT2D eigenvalue weighted by Gasteiger charge is -2.18. The molecule has 1 heterocycles. The number of hydrogen-bond donors (Lipinski definition) is 2. The normalized spacial score (nSPS) is 10.1. The molecule has 1 aromatic heterocycles. The first-order valence-electron chi connectivity index (χ1n) is 5.95. The molecule has 0 atom stereocenters. The minimum atomic E-state index is 0.423. The Kier molecular flexibility index (Phi) is 3.75. The number of aromatic nitrogens is 1. The van der Waals surface area contributed by atoms with Crippen LogP contribution in [0.15, 0.2) is 36.4 Å². The summed E-state index contributed by atoms with van der Waals surface area (Å²) < 4.78 is 5.11. The fourth-order valence-corrected chi connectivity index (χ4v) is 1.79. The number of nitrogens with zero attached hydrogens (tertiary/aromatic N) is 2. The van der Waals surface area contributed by atoms with Crippen LogP contribution in [0.25, 0.3) is 0 Å². The van der Waals surface area contributed by atoms with Crippen LogP contribution in [-0.2, 0) is 0 Å².